The largest absolute Gasteiger partial charge is 0.432 e. The summed E-state index contributed by atoms with van der Waals surface area (Å²) in [6.45, 7) is 7.13. The lowest BCUT2D eigenvalue weighted by Crippen LogP contribution is -2.25. The van der Waals surface area contributed by atoms with Gasteiger partial charge < -0.3 is 4.74 Å². The van der Waals surface area contributed by atoms with Gasteiger partial charge in [0.2, 0.25) is 0 Å². The Morgan fingerprint density at radius 2 is 1.32 bits per heavy atom. The topological polar surface area (TPSA) is 9.23 Å². The van der Waals surface area contributed by atoms with Crippen LogP contribution in [0.4, 0.5) is 30.7 Å². The lowest BCUT2D eigenvalue weighted by Gasteiger charge is -2.20. The zero-order valence-corrected chi connectivity index (χ0v) is 19.6. The molecule has 0 fully saturated rings. The van der Waals surface area contributed by atoms with E-state index in [0.29, 0.717) is 29.8 Å². The van der Waals surface area contributed by atoms with Crippen LogP contribution < -0.4 is 4.74 Å². The lowest BCUT2D eigenvalue weighted by molar-refractivity contribution is -0.189. The molecule has 0 amide bonds. The van der Waals surface area contributed by atoms with Gasteiger partial charge in [0.15, 0.2) is 0 Å². The monoisotopic (exact) mass is 496 g/mol. The van der Waals surface area contributed by atoms with Gasteiger partial charge >= 0.3 is 6.11 Å². The summed E-state index contributed by atoms with van der Waals surface area (Å²) >= 11 is 0. The highest BCUT2D eigenvalue weighted by molar-refractivity contribution is 6.83. The molecule has 9 heteroatoms. The van der Waals surface area contributed by atoms with Crippen molar-refractivity contribution >= 4 is 8.07 Å². The zero-order valence-electron chi connectivity index (χ0n) is 18.6. The molecule has 0 radical (unpaired) electrons. The minimum atomic E-state index is -4.64. The normalized spacial score (nSPS) is 11.7. The summed E-state index contributed by atoms with van der Waals surface area (Å²) in [6, 6.07) is 5.83. The van der Waals surface area contributed by atoms with E-state index >= 15 is 0 Å². The third kappa shape index (κ3) is 5.62. The second kappa shape index (κ2) is 9.18. The zero-order chi connectivity index (χ0) is 25.4. The molecular weight excluding hydrogens is 477 g/mol. The van der Waals surface area contributed by atoms with Gasteiger partial charge in [-0.3, -0.25) is 0 Å². The number of hydrogen-bond acceptors (Lipinski definition) is 1. The molecule has 0 atom stereocenters. The molecular formula is C25H19F7OSi. The van der Waals surface area contributed by atoms with Crippen LogP contribution in [-0.4, -0.2) is 8.07 Å². The summed E-state index contributed by atoms with van der Waals surface area (Å²) < 4.78 is 105. The van der Waals surface area contributed by atoms with E-state index in [1.807, 2.05) is 19.6 Å². The van der Waals surface area contributed by atoms with Crippen LogP contribution >= 0.6 is 0 Å². The molecule has 178 valence electrons. The third-order valence-electron chi connectivity index (χ3n) is 4.59. The van der Waals surface area contributed by atoms with Gasteiger partial charge in [-0.05, 0) is 36.2 Å². The maximum atomic E-state index is 14.7. The van der Waals surface area contributed by atoms with E-state index in [0.717, 1.165) is 6.07 Å². The van der Waals surface area contributed by atoms with Crippen LogP contribution in [-0.2, 0) is 6.11 Å². The molecule has 0 saturated heterocycles. The molecule has 1 nitrogen and oxygen atoms in total. The van der Waals surface area contributed by atoms with Gasteiger partial charge in [0.25, 0.3) is 0 Å². The van der Waals surface area contributed by atoms with Gasteiger partial charge in [0.1, 0.15) is 48.5 Å². The van der Waals surface area contributed by atoms with Crippen molar-refractivity contribution in [3.63, 3.8) is 0 Å². The molecule has 0 bridgehead atoms. The van der Waals surface area contributed by atoms with E-state index < -0.39 is 60.1 Å². The summed E-state index contributed by atoms with van der Waals surface area (Å²) in [5.41, 5.74) is 0.383. The molecule has 0 aliphatic rings. The number of hydrogen-bond donors (Lipinski definition) is 0. The smallest absolute Gasteiger partial charge is 0.429 e. The standard InChI is InChI=1S/C25H19F7OSi/c1-14-5-6-17(19(26)9-14)15-10-22(29)24(23(30)11-15)25(31,32)33-16-12-20(27)18(21(28)13-16)7-8-34(2,3)4/h5-6,9-13H,1-4H3. The first-order valence-electron chi connectivity index (χ1n) is 10.0. The van der Waals surface area contributed by atoms with Crippen molar-refractivity contribution in [2.24, 2.45) is 0 Å². The highest BCUT2D eigenvalue weighted by atomic mass is 28.3. The Hall–Kier alpha value is -3.25. The first kappa shape index (κ1) is 25.4. The van der Waals surface area contributed by atoms with Crippen molar-refractivity contribution < 1.29 is 35.5 Å². The van der Waals surface area contributed by atoms with Gasteiger partial charge in [-0.15, -0.1) is 5.54 Å². The number of benzene rings is 3. The average molecular weight is 496 g/mol. The number of ether oxygens (including phenoxy) is 1. The summed E-state index contributed by atoms with van der Waals surface area (Å²) in [4.78, 5) is 0. The second-order valence-electron chi connectivity index (χ2n) is 8.68. The van der Waals surface area contributed by atoms with E-state index in [1.54, 1.807) is 6.92 Å². The van der Waals surface area contributed by atoms with Gasteiger partial charge in [-0.2, -0.15) is 8.78 Å². The van der Waals surface area contributed by atoms with Crippen molar-refractivity contribution in [1.82, 2.24) is 0 Å². The van der Waals surface area contributed by atoms with Gasteiger partial charge in [0.05, 0.1) is 5.56 Å². The van der Waals surface area contributed by atoms with Crippen molar-refractivity contribution in [3.05, 3.63) is 88.2 Å². The molecule has 3 rings (SSSR count). The summed E-state index contributed by atoms with van der Waals surface area (Å²) in [7, 11) is -1.98. The fraction of sp³-hybridized carbons (Fsp3) is 0.200. The molecule has 3 aromatic carbocycles. The number of alkyl halides is 2. The first-order chi connectivity index (χ1) is 15.7. The molecule has 0 spiro atoms. The van der Waals surface area contributed by atoms with E-state index in [-0.39, 0.29) is 11.1 Å². The van der Waals surface area contributed by atoms with Crippen LogP contribution in [0.5, 0.6) is 5.75 Å². The maximum absolute atomic E-state index is 14.7. The SMILES string of the molecule is Cc1ccc(-c2cc(F)c(C(F)(F)Oc3cc(F)c(C#C[Si](C)(C)C)c(F)c3)c(F)c2)c(F)c1. The maximum Gasteiger partial charge on any atom is 0.432 e. The summed E-state index contributed by atoms with van der Waals surface area (Å²) in [6.07, 6.45) is -4.64. The second-order valence-corrected chi connectivity index (χ2v) is 13.4. The van der Waals surface area contributed by atoms with Crippen molar-refractivity contribution in [3.8, 4) is 28.3 Å². The predicted molar refractivity (Wildman–Crippen MR) is 118 cm³/mol. The molecule has 3 aromatic rings. The van der Waals surface area contributed by atoms with Crippen LogP contribution in [0.2, 0.25) is 19.6 Å². The third-order valence-corrected chi connectivity index (χ3v) is 5.47. The molecule has 0 N–H and O–H groups in total. The molecule has 0 unspecified atom stereocenters. The molecule has 0 aliphatic carbocycles. The van der Waals surface area contributed by atoms with Crippen LogP contribution in [0, 0.1) is 47.5 Å². The Kier molecular flexibility index (Phi) is 6.85. The molecule has 34 heavy (non-hydrogen) atoms. The fourth-order valence-corrected chi connectivity index (χ4v) is 3.54. The number of aryl methyl sites for hydroxylation is 1. The average Bonchev–Trinajstić information content (AvgIpc) is 2.65. The first-order valence-corrected chi connectivity index (χ1v) is 13.5. The van der Waals surface area contributed by atoms with Gasteiger partial charge in [0, 0.05) is 17.7 Å². The quantitative estimate of drug-likeness (QED) is 0.204. The predicted octanol–water partition coefficient (Wildman–Crippen LogP) is 7.71. The summed E-state index contributed by atoms with van der Waals surface area (Å²) in [5, 5.41) is 0. The van der Waals surface area contributed by atoms with Crippen molar-refractivity contribution in [2.75, 3.05) is 0 Å². The van der Waals surface area contributed by atoms with Gasteiger partial charge in [-0.25, -0.2) is 22.0 Å². The molecule has 0 aliphatic heterocycles. The molecule has 0 heterocycles. The minimum Gasteiger partial charge on any atom is -0.429 e. The van der Waals surface area contributed by atoms with E-state index in [1.165, 1.54) is 12.1 Å². The van der Waals surface area contributed by atoms with Crippen LogP contribution in [0.25, 0.3) is 11.1 Å². The fourth-order valence-electron chi connectivity index (χ4n) is 3.04. The number of rotatable bonds is 4. The van der Waals surface area contributed by atoms with E-state index in [4.69, 9.17) is 0 Å². The van der Waals surface area contributed by atoms with Gasteiger partial charge in [-0.1, -0.05) is 37.7 Å². The minimum absolute atomic E-state index is 0.196. The Morgan fingerprint density at radius 3 is 1.82 bits per heavy atom. The van der Waals surface area contributed by atoms with Crippen LogP contribution in [0.15, 0.2) is 42.5 Å². The lowest BCUT2D eigenvalue weighted by atomic mass is 10.0. The van der Waals surface area contributed by atoms with Crippen molar-refractivity contribution in [1.29, 1.82) is 0 Å². The molecule has 0 aromatic heterocycles. The highest BCUT2D eigenvalue weighted by Gasteiger charge is 2.41. The Labute approximate surface area is 193 Å². The van der Waals surface area contributed by atoms with E-state index in [2.05, 4.69) is 16.2 Å². The summed E-state index contributed by atoms with van der Waals surface area (Å²) in [5.74, 6) is -5.40. The Bertz CT molecular complexity index is 1270. The highest BCUT2D eigenvalue weighted by Crippen LogP contribution is 2.38. The van der Waals surface area contributed by atoms with Crippen LogP contribution in [0.1, 0.15) is 16.7 Å². The number of halogens is 7. The van der Waals surface area contributed by atoms with E-state index in [9.17, 15) is 30.7 Å². The Morgan fingerprint density at radius 1 is 0.765 bits per heavy atom. The Balaban J connectivity index is 1.97. The molecule has 0 saturated carbocycles. The van der Waals surface area contributed by atoms with Crippen LogP contribution in [0.3, 0.4) is 0 Å². The van der Waals surface area contributed by atoms with Crippen molar-refractivity contribution in [2.45, 2.75) is 32.7 Å².